The van der Waals surface area contributed by atoms with E-state index in [0.717, 1.165) is 16.9 Å². The van der Waals surface area contributed by atoms with E-state index in [9.17, 15) is 10.1 Å². The van der Waals surface area contributed by atoms with Crippen LogP contribution < -0.4 is 10.2 Å². The van der Waals surface area contributed by atoms with Crippen molar-refractivity contribution in [2.45, 2.75) is 12.3 Å². The highest BCUT2D eigenvalue weighted by Crippen LogP contribution is 2.47. The maximum absolute atomic E-state index is 12.7. The second-order valence-corrected chi connectivity index (χ2v) is 6.03. The van der Waals surface area contributed by atoms with Crippen LogP contribution in [0.15, 0.2) is 36.5 Å². The maximum Gasteiger partial charge on any atom is 0.238 e. The van der Waals surface area contributed by atoms with Gasteiger partial charge in [0.2, 0.25) is 11.9 Å². The number of aryl methyl sites for hydroxylation is 1. The van der Waals surface area contributed by atoms with E-state index >= 15 is 0 Å². The number of hydrogen-bond donors (Lipinski definition) is 1. The van der Waals surface area contributed by atoms with Gasteiger partial charge in [0.1, 0.15) is 5.41 Å². The molecule has 3 heterocycles. The number of benzene rings is 1. The van der Waals surface area contributed by atoms with Gasteiger partial charge in [-0.15, -0.1) is 0 Å². The van der Waals surface area contributed by atoms with Crippen molar-refractivity contribution in [3.63, 3.8) is 0 Å². The van der Waals surface area contributed by atoms with E-state index < -0.39 is 11.3 Å². The molecule has 114 valence electrons. The lowest BCUT2D eigenvalue weighted by molar-refractivity contribution is -0.120. The van der Waals surface area contributed by atoms with Gasteiger partial charge in [0.15, 0.2) is 0 Å². The van der Waals surface area contributed by atoms with E-state index in [1.54, 1.807) is 6.20 Å². The largest absolute Gasteiger partial charge is 0.338 e. The smallest absolute Gasteiger partial charge is 0.238 e. The first-order chi connectivity index (χ1) is 11.1. The molecule has 0 bridgehead atoms. The van der Waals surface area contributed by atoms with E-state index in [2.05, 4.69) is 21.4 Å². The van der Waals surface area contributed by atoms with Crippen molar-refractivity contribution in [3.8, 4) is 6.07 Å². The van der Waals surface area contributed by atoms with Gasteiger partial charge in [-0.1, -0.05) is 18.2 Å². The number of para-hydroxylation sites is 1. The Morgan fingerprint density at radius 2 is 2.22 bits per heavy atom. The Labute approximate surface area is 133 Å². The molecular weight excluding hydrogens is 290 g/mol. The normalized spacial score (nSPS) is 25.3. The fourth-order valence-corrected chi connectivity index (χ4v) is 3.58. The van der Waals surface area contributed by atoms with Gasteiger partial charge in [-0.05, 0) is 24.6 Å². The Hall–Kier alpha value is -2.94. The molecule has 1 amide bonds. The molecule has 4 rings (SSSR count). The highest BCUT2D eigenvalue weighted by Gasteiger charge is 2.58. The van der Waals surface area contributed by atoms with Crippen LogP contribution in [0.4, 0.5) is 11.6 Å². The number of carbonyl (C=O) groups excluding carboxylic acids is 1. The molecule has 1 aromatic carbocycles. The van der Waals surface area contributed by atoms with Crippen LogP contribution in [-0.4, -0.2) is 29.0 Å². The van der Waals surface area contributed by atoms with Crippen molar-refractivity contribution in [1.82, 2.24) is 9.97 Å². The lowest BCUT2D eigenvalue weighted by Crippen LogP contribution is -2.42. The van der Waals surface area contributed by atoms with Crippen LogP contribution in [0.3, 0.4) is 0 Å². The standard InChI is InChI=1S/C17H15N5O/c1-11-6-7-19-16(20-11)22-9-12(8-18)17(10-22)13-4-2-3-5-14(13)21-15(17)23/h2-7,12H,9-10H2,1H3,(H,21,23). The quantitative estimate of drug-likeness (QED) is 0.866. The minimum absolute atomic E-state index is 0.111. The Bertz CT molecular complexity index is 843. The van der Waals surface area contributed by atoms with E-state index in [1.165, 1.54) is 0 Å². The molecule has 1 aromatic heterocycles. The van der Waals surface area contributed by atoms with Crippen molar-refractivity contribution in [3.05, 3.63) is 47.8 Å². The van der Waals surface area contributed by atoms with E-state index in [-0.39, 0.29) is 5.91 Å². The molecular formula is C17H15N5O. The number of nitrogens with zero attached hydrogens (tertiary/aromatic N) is 4. The van der Waals surface area contributed by atoms with Crippen LogP contribution in [0.5, 0.6) is 0 Å². The number of carbonyl (C=O) groups is 1. The summed E-state index contributed by atoms with van der Waals surface area (Å²) in [6, 6.07) is 11.7. The predicted molar refractivity (Wildman–Crippen MR) is 84.8 cm³/mol. The molecule has 6 heteroatoms. The number of anilines is 2. The van der Waals surface area contributed by atoms with Crippen LogP contribution in [0.25, 0.3) is 0 Å². The summed E-state index contributed by atoms with van der Waals surface area (Å²) in [6.45, 7) is 2.76. The summed E-state index contributed by atoms with van der Waals surface area (Å²) in [5, 5.41) is 12.6. The summed E-state index contributed by atoms with van der Waals surface area (Å²) in [6.07, 6.45) is 1.70. The third kappa shape index (κ3) is 1.83. The fraction of sp³-hybridized carbons (Fsp3) is 0.294. The van der Waals surface area contributed by atoms with Gasteiger partial charge in [-0.3, -0.25) is 4.79 Å². The predicted octanol–water partition coefficient (Wildman–Crippen LogP) is 1.63. The molecule has 2 aliphatic heterocycles. The van der Waals surface area contributed by atoms with Crippen molar-refractivity contribution in [2.24, 2.45) is 5.92 Å². The molecule has 2 aliphatic rings. The van der Waals surface area contributed by atoms with Crippen LogP contribution in [0, 0.1) is 24.2 Å². The van der Waals surface area contributed by atoms with Gasteiger partial charge in [0.25, 0.3) is 0 Å². The SMILES string of the molecule is Cc1ccnc(N2CC(C#N)C3(C2)C(=O)Nc2ccccc23)n1. The Kier molecular flexibility index (Phi) is 2.85. The summed E-state index contributed by atoms with van der Waals surface area (Å²) in [5.41, 5.74) is 1.70. The summed E-state index contributed by atoms with van der Waals surface area (Å²) in [4.78, 5) is 23.4. The van der Waals surface area contributed by atoms with Crippen molar-refractivity contribution >= 4 is 17.5 Å². The van der Waals surface area contributed by atoms with Gasteiger partial charge in [-0.25, -0.2) is 9.97 Å². The average Bonchev–Trinajstić information content (AvgIpc) is 3.08. The van der Waals surface area contributed by atoms with Crippen LogP contribution in [-0.2, 0) is 10.2 Å². The van der Waals surface area contributed by atoms with Crippen molar-refractivity contribution in [1.29, 1.82) is 5.26 Å². The lowest BCUT2D eigenvalue weighted by atomic mass is 9.74. The fourth-order valence-electron chi connectivity index (χ4n) is 3.58. The third-order valence-electron chi connectivity index (χ3n) is 4.72. The molecule has 23 heavy (non-hydrogen) atoms. The van der Waals surface area contributed by atoms with Crippen LogP contribution in [0.2, 0.25) is 0 Å². The number of nitrogens with one attached hydrogen (secondary N) is 1. The van der Waals surface area contributed by atoms with Crippen LogP contribution in [0.1, 0.15) is 11.3 Å². The summed E-state index contributed by atoms with van der Waals surface area (Å²) in [7, 11) is 0. The maximum atomic E-state index is 12.7. The zero-order valence-electron chi connectivity index (χ0n) is 12.7. The highest BCUT2D eigenvalue weighted by molar-refractivity contribution is 6.07. The number of amides is 1. The summed E-state index contributed by atoms with van der Waals surface area (Å²) in [5.74, 6) is 0.0231. The van der Waals surface area contributed by atoms with Crippen LogP contribution >= 0.6 is 0 Å². The van der Waals surface area contributed by atoms with Gasteiger partial charge < -0.3 is 10.2 Å². The molecule has 1 spiro atoms. The number of fused-ring (bicyclic) bond motifs is 2. The molecule has 0 saturated carbocycles. The topological polar surface area (TPSA) is 81.9 Å². The number of aromatic nitrogens is 2. The third-order valence-corrected chi connectivity index (χ3v) is 4.72. The first-order valence-corrected chi connectivity index (χ1v) is 7.50. The van der Waals surface area contributed by atoms with E-state index in [0.29, 0.717) is 19.0 Å². The molecule has 0 aliphatic carbocycles. The molecule has 1 fully saturated rings. The first kappa shape index (κ1) is 13.7. The lowest BCUT2D eigenvalue weighted by Gasteiger charge is -2.24. The number of nitriles is 1. The van der Waals surface area contributed by atoms with Crippen molar-refractivity contribution in [2.75, 3.05) is 23.3 Å². The Balaban J connectivity index is 1.81. The molecule has 1 saturated heterocycles. The zero-order valence-corrected chi connectivity index (χ0v) is 12.7. The van der Waals surface area contributed by atoms with Crippen molar-refractivity contribution < 1.29 is 4.79 Å². The molecule has 6 nitrogen and oxygen atoms in total. The molecule has 0 radical (unpaired) electrons. The Morgan fingerprint density at radius 3 is 3.00 bits per heavy atom. The number of hydrogen-bond acceptors (Lipinski definition) is 5. The first-order valence-electron chi connectivity index (χ1n) is 7.50. The Morgan fingerprint density at radius 1 is 1.39 bits per heavy atom. The average molecular weight is 305 g/mol. The highest BCUT2D eigenvalue weighted by atomic mass is 16.2. The second kappa shape index (κ2) is 4.78. The molecule has 2 atom stereocenters. The summed E-state index contributed by atoms with van der Waals surface area (Å²) < 4.78 is 0. The molecule has 2 aromatic rings. The van der Waals surface area contributed by atoms with Gasteiger partial charge in [0.05, 0.1) is 12.0 Å². The van der Waals surface area contributed by atoms with Gasteiger partial charge in [0, 0.05) is 30.7 Å². The minimum Gasteiger partial charge on any atom is -0.338 e. The minimum atomic E-state index is -0.849. The van der Waals surface area contributed by atoms with E-state index in [4.69, 9.17) is 0 Å². The van der Waals surface area contributed by atoms with E-state index in [1.807, 2.05) is 42.2 Å². The monoisotopic (exact) mass is 305 g/mol. The zero-order chi connectivity index (χ0) is 16.0. The van der Waals surface area contributed by atoms with Gasteiger partial charge in [-0.2, -0.15) is 5.26 Å². The second-order valence-electron chi connectivity index (χ2n) is 6.03. The van der Waals surface area contributed by atoms with Gasteiger partial charge >= 0.3 is 0 Å². The number of rotatable bonds is 1. The molecule has 1 N–H and O–H groups in total. The summed E-state index contributed by atoms with van der Waals surface area (Å²) >= 11 is 0. The molecule has 2 unspecified atom stereocenters.